The average molecular weight is 579 g/mol. The molecular weight excluding hydrogens is 524 g/mol. The second-order valence-corrected chi connectivity index (χ2v) is 9.83. The minimum atomic E-state index is -0.679. The van der Waals surface area contributed by atoms with E-state index in [2.05, 4.69) is 55.8 Å². The second-order valence-electron chi connectivity index (χ2n) is 9.83. The number of carbonyl (C=O) groups excluding carboxylic acids is 2. The topological polar surface area (TPSA) is 133 Å². The lowest BCUT2D eigenvalue weighted by Gasteiger charge is -2.15. The van der Waals surface area contributed by atoms with E-state index in [1.165, 1.54) is 12.8 Å². The molecule has 234 valence electrons. The Hall–Kier alpha value is -2.50. The van der Waals surface area contributed by atoms with Crippen molar-refractivity contribution < 1.29 is 28.5 Å². The van der Waals surface area contributed by atoms with Gasteiger partial charge in [-0.05, 0) is 49.8 Å². The second kappa shape index (κ2) is 24.1. The van der Waals surface area contributed by atoms with Crippen LogP contribution in [0.5, 0.6) is 5.75 Å². The molecular formula is C31H54N4O6. The summed E-state index contributed by atoms with van der Waals surface area (Å²) in [6, 6.07) is 7.41. The zero-order chi connectivity index (χ0) is 30.1. The summed E-state index contributed by atoms with van der Waals surface area (Å²) in [5.41, 5.74) is 6.47. The molecule has 1 rings (SSSR count). The Bertz CT molecular complexity index is 850. The van der Waals surface area contributed by atoms with Crippen molar-refractivity contribution in [1.82, 2.24) is 16.0 Å². The van der Waals surface area contributed by atoms with Gasteiger partial charge in [0.15, 0.2) is 0 Å². The highest BCUT2D eigenvalue weighted by Crippen LogP contribution is 2.14. The van der Waals surface area contributed by atoms with Gasteiger partial charge in [0.2, 0.25) is 5.91 Å². The lowest BCUT2D eigenvalue weighted by molar-refractivity contribution is -0.126. The molecule has 0 aromatic heterocycles. The summed E-state index contributed by atoms with van der Waals surface area (Å²) in [6.07, 6.45) is 9.23. The fraction of sp³-hybridized carbons (Fsp3) is 0.677. The summed E-state index contributed by atoms with van der Waals surface area (Å²) in [5, 5.41) is 9.09. The summed E-state index contributed by atoms with van der Waals surface area (Å²) < 4.78 is 22.0. The van der Waals surface area contributed by atoms with Crippen LogP contribution in [-0.4, -0.2) is 83.4 Å². The Labute approximate surface area is 247 Å². The van der Waals surface area contributed by atoms with Crippen molar-refractivity contribution in [2.75, 3.05) is 59.3 Å². The molecule has 2 unspecified atom stereocenters. The molecule has 5 N–H and O–H groups in total. The van der Waals surface area contributed by atoms with Gasteiger partial charge in [-0.25, -0.2) is 0 Å². The van der Waals surface area contributed by atoms with Gasteiger partial charge in [0, 0.05) is 31.2 Å². The van der Waals surface area contributed by atoms with Crippen molar-refractivity contribution in [3.05, 3.63) is 42.0 Å². The number of hydrogen-bond donors (Lipinski definition) is 4. The minimum Gasteiger partial charge on any atom is -0.489 e. The smallest absolute Gasteiger partial charge is 0.251 e. The summed E-state index contributed by atoms with van der Waals surface area (Å²) in [6.45, 7) is 11.9. The molecule has 10 nitrogen and oxygen atoms in total. The molecule has 0 aliphatic carbocycles. The van der Waals surface area contributed by atoms with Gasteiger partial charge in [-0.3, -0.25) is 9.59 Å². The van der Waals surface area contributed by atoms with Crippen LogP contribution in [0.15, 0.2) is 36.4 Å². The zero-order valence-electron chi connectivity index (χ0n) is 25.6. The molecule has 0 heterocycles. The van der Waals surface area contributed by atoms with Crippen molar-refractivity contribution in [1.29, 1.82) is 0 Å². The third-order valence-corrected chi connectivity index (χ3v) is 6.51. The number of amides is 2. The van der Waals surface area contributed by atoms with Crippen LogP contribution >= 0.6 is 0 Å². The van der Waals surface area contributed by atoms with Gasteiger partial charge in [-0.1, -0.05) is 52.3 Å². The van der Waals surface area contributed by atoms with Gasteiger partial charge >= 0.3 is 0 Å². The van der Waals surface area contributed by atoms with E-state index < -0.39 is 6.23 Å². The van der Waals surface area contributed by atoms with E-state index in [4.69, 9.17) is 24.7 Å². The van der Waals surface area contributed by atoms with Crippen LogP contribution in [0.3, 0.4) is 0 Å². The lowest BCUT2D eigenvalue weighted by Crippen LogP contribution is -2.36. The molecule has 0 bridgehead atoms. The number of hydrogen-bond acceptors (Lipinski definition) is 8. The molecule has 0 spiro atoms. The highest BCUT2D eigenvalue weighted by Gasteiger charge is 2.09. The number of carbonyl (C=O) groups is 2. The Kier molecular flexibility index (Phi) is 21.5. The van der Waals surface area contributed by atoms with Crippen molar-refractivity contribution in [2.45, 2.75) is 72.1 Å². The fourth-order valence-corrected chi connectivity index (χ4v) is 4.03. The van der Waals surface area contributed by atoms with Crippen LogP contribution in [-0.2, 0) is 19.0 Å². The molecule has 0 radical (unpaired) electrons. The number of allylic oxidation sites excluding steroid dienone is 1. The monoisotopic (exact) mass is 578 g/mol. The van der Waals surface area contributed by atoms with Gasteiger partial charge in [0.05, 0.1) is 26.4 Å². The van der Waals surface area contributed by atoms with E-state index in [0.29, 0.717) is 49.6 Å². The molecule has 0 aliphatic rings. The number of rotatable bonds is 25. The normalized spacial score (nSPS) is 12.9. The summed E-state index contributed by atoms with van der Waals surface area (Å²) in [4.78, 5) is 24.3. The molecule has 0 fully saturated rings. The number of ether oxygens (including phenoxy) is 4. The third-order valence-electron chi connectivity index (χ3n) is 6.51. The first kappa shape index (κ1) is 36.5. The summed E-state index contributed by atoms with van der Waals surface area (Å²) >= 11 is 0. The quantitative estimate of drug-likeness (QED) is 0.0788. The summed E-state index contributed by atoms with van der Waals surface area (Å²) in [7, 11) is 0. The SMILES string of the molecule is CCCC(/C=C/COCCNC(=O)COCCOC(N)COc1cccc(C(=O)NCCNC(CC)CC)c1)CC. The first-order valence-corrected chi connectivity index (χ1v) is 15.1. The van der Waals surface area contributed by atoms with Crippen LogP contribution in [0.25, 0.3) is 0 Å². The van der Waals surface area contributed by atoms with Crippen molar-refractivity contribution in [2.24, 2.45) is 11.7 Å². The lowest BCUT2D eigenvalue weighted by atomic mass is 10.0. The van der Waals surface area contributed by atoms with E-state index in [1.807, 2.05) is 0 Å². The molecule has 0 saturated heterocycles. The maximum atomic E-state index is 12.4. The van der Waals surface area contributed by atoms with Crippen LogP contribution in [0.4, 0.5) is 0 Å². The van der Waals surface area contributed by atoms with Gasteiger partial charge in [0.1, 0.15) is 25.2 Å². The standard InChI is InChI=1S/C31H54N4O6/c1-5-11-25(6-2)12-10-18-38-19-17-34-30(36)24-39-20-21-40-29(32)23-41-28-14-9-13-26(22-28)31(37)35-16-15-33-27(7-3)8-4/h9-10,12-14,22,25,27,29,33H,5-8,11,15-21,23-24,32H2,1-4H3,(H,34,36)(H,35,37)/b12-10+. The third kappa shape index (κ3) is 18.5. The van der Waals surface area contributed by atoms with Crippen molar-refractivity contribution >= 4 is 11.8 Å². The molecule has 41 heavy (non-hydrogen) atoms. The maximum absolute atomic E-state index is 12.4. The maximum Gasteiger partial charge on any atom is 0.251 e. The fourth-order valence-electron chi connectivity index (χ4n) is 4.03. The van der Waals surface area contributed by atoms with Gasteiger partial charge in [-0.15, -0.1) is 0 Å². The summed E-state index contributed by atoms with van der Waals surface area (Å²) in [5.74, 6) is 0.773. The van der Waals surface area contributed by atoms with E-state index >= 15 is 0 Å². The number of benzene rings is 1. The Morgan fingerprint density at radius 2 is 1.76 bits per heavy atom. The molecule has 2 atom stereocenters. The van der Waals surface area contributed by atoms with Crippen LogP contribution in [0.2, 0.25) is 0 Å². The zero-order valence-corrected chi connectivity index (χ0v) is 25.6. The number of nitrogens with two attached hydrogens (primary N) is 1. The molecule has 0 saturated carbocycles. The van der Waals surface area contributed by atoms with Crippen molar-refractivity contribution in [3.8, 4) is 5.75 Å². The van der Waals surface area contributed by atoms with Crippen molar-refractivity contribution in [3.63, 3.8) is 0 Å². The predicted octanol–water partition coefficient (Wildman–Crippen LogP) is 3.41. The van der Waals surface area contributed by atoms with E-state index in [1.54, 1.807) is 24.3 Å². The minimum absolute atomic E-state index is 0.0626. The largest absolute Gasteiger partial charge is 0.489 e. The highest BCUT2D eigenvalue weighted by atomic mass is 16.6. The first-order valence-electron chi connectivity index (χ1n) is 15.1. The van der Waals surface area contributed by atoms with E-state index in [9.17, 15) is 9.59 Å². The van der Waals surface area contributed by atoms with Crippen LogP contribution in [0.1, 0.15) is 70.2 Å². The molecule has 1 aromatic rings. The number of nitrogens with one attached hydrogen (secondary N) is 3. The van der Waals surface area contributed by atoms with Gasteiger partial charge in [0.25, 0.3) is 5.91 Å². The first-order chi connectivity index (χ1) is 19.9. The Balaban J connectivity index is 2.11. The van der Waals surface area contributed by atoms with E-state index in [-0.39, 0.29) is 38.2 Å². The van der Waals surface area contributed by atoms with Gasteiger partial charge in [-0.2, -0.15) is 0 Å². The van der Waals surface area contributed by atoms with Crippen LogP contribution < -0.4 is 26.4 Å². The predicted molar refractivity (Wildman–Crippen MR) is 163 cm³/mol. The highest BCUT2D eigenvalue weighted by molar-refractivity contribution is 5.94. The Morgan fingerprint density at radius 1 is 0.951 bits per heavy atom. The van der Waals surface area contributed by atoms with Gasteiger partial charge < -0.3 is 40.6 Å². The molecule has 2 amide bonds. The average Bonchev–Trinajstić information content (AvgIpc) is 2.98. The van der Waals surface area contributed by atoms with E-state index in [0.717, 1.165) is 25.8 Å². The Morgan fingerprint density at radius 3 is 2.49 bits per heavy atom. The molecule has 0 aliphatic heterocycles. The molecule has 1 aromatic carbocycles. The van der Waals surface area contributed by atoms with Crippen LogP contribution in [0, 0.1) is 5.92 Å². The molecule has 10 heteroatoms.